The molecule has 2 heterocycles. The summed E-state index contributed by atoms with van der Waals surface area (Å²) >= 11 is 4.38. The molecule has 92 valence electrons. The summed E-state index contributed by atoms with van der Waals surface area (Å²) in [5.41, 5.74) is 6.11. The van der Waals surface area contributed by atoms with Crippen molar-refractivity contribution in [2.24, 2.45) is 5.73 Å². The second-order valence-electron chi connectivity index (χ2n) is 3.73. The molecule has 0 aromatic heterocycles. The van der Waals surface area contributed by atoms with E-state index in [1.54, 1.807) is 0 Å². The number of carbonyl (C=O) groups excluding carboxylic acids is 2. The molecule has 17 heavy (non-hydrogen) atoms. The van der Waals surface area contributed by atoms with Gasteiger partial charge in [-0.05, 0) is 11.2 Å². The molecular weight excluding hydrogens is 266 g/mol. The number of amides is 1. The topological polar surface area (TPSA) is 95.7 Å². The molecule has 9 heteroatoms. The van der Waals surface area contributed by atoms with Crippen LogP contribution in [0.5, 0.6) is 0 Å². The number of halogens is 1. The minimum absolute atomic E-state index is 0.0297. The number of rotatable bonds is 2. The Morgan fingerprint density at radius 1 is 1.76 bits per heavy atom. The fourth-order valence-electron chi connectivity index (χ4n) is 1.94. The molecule has 2 aliphatic heterocycles. The second kappa shape index (κ2) is 4.53. The lowest BCUT2D eigenvalue weighted by Gasteiger charge is -2.47. The predicted molar refractivity (Wildman–Crippen MR) is 64.0 cm³/mol. The molecule has 0 aromatic rings. The Kier molecular flexibility index (Phi) is 3.40. The summed E-state index contributed by atoms with van der Waals surface area (Å²) in [5.74, 6) is -0.897. The van der Waals surface area contributed by atoms with E-state index in [2.05, 4.69) is 4.65 Å². The lowest BCUT2D eigenvalue weighted by atomic mass is 10.0. The van der Waals surface area contributed by atoms with Gasteiger partial charge >= 0.3 is 14.0 Å². The quantitative estimate of drug-likeness (QED) is 0.268. The zero-order valence-electron chi connectivity index (χ0n) is 9.01. The Morgan fingerprint density at radius 3 is 2.94 bits per heavy atom. The van der Waals surface area contributed by atoms with E-state index < -0.39 is 34.5 Å². The Balaban J connectivity index is 2.42. The third-order valence-corrected chi connectivity index (χ3v) is 4.78. The monoisotopic (exact) mass is 276 g/mol. The summed E-state index contributed by atoms with van der Waals surface area (Å²) in [6, 6.07) is -0.813. The van der Waals surface area contributed by atoms with E-state index in [0.29, 0.717) is 5.57 Å². The maximum Gasteiger partial charge on any atom is 0.337 e. The Hall–Kier alpha value is -0.695. The van der Waals surface area contributed by atoms with Crippen LogP contribution >= 0.6 is 11.6 Å². The number of hydrogen-bond donors (Lipinski definition) is 1. The summed E-state index contributed by atoms with van der Waals surface area (Å²) < 4.78 is 16.4. The molecule has 1 unspecified atom stereocenters. The van der Waals surface area contributed by atoms with E-state index in [0.717, 1.165) is 4.90 Å². The minimum atomic E-state index is -1.32. The molecular formula is C8H10BClN2O4S. The number of β-lactam (4-membered cyclic amide) rings is 1. The van der Waals surface area contributed by atoms with Gasteiger partial charge in [-0.3, -0.25) is 9.69 Å². The lowest BCUT2D eigenvalue weighted by molar-refractivity contribution is -0.147. The van der Waals surface area contributed by atoms with Gasteiger partial charge in [0.15, 0.2) is 6.04 Å². The summed E-state index contributed by atoms with van der Waals surface area (Å²) in [5, 5.41) is -0.636. The van der Waals surface area contributed by atoms with Crippen molar-refractivity contribution < 1.29 is 18.8 Å². The van der Waals surface area contributed by atoms with Crippen LogP contribution in [0, 0.1) is 0 Å². The number of hydrogen-bond acceptors (Lipinski definition) is 5. The number of nitrogens with two attached hydrogens (primary N) is 1. The summed E-state index contributed by atoms with van der Waals surface area (Å²) in [7, 11) is 1.21. The van der Waals surface area contributed by atoms with Crippen molar-refractivity contribution >= 4 is 42.7 Å². The van der Waals surface area contributed by atoms with Crippen LogP contribution in [-0.4, -0.2) is 52.4 Å². The fraction of sp³-hybridized carbons (Fsp3) is 0.500. The van der Waals surface area contributed by atoms with Gasteiger partial charge in [0.1, 0.15) is 11.4 Å². The highest BCUT2D eigenvalue weighted by molar-refractivity contribution is 7.92. The van der Waals surface area contributed by atoms with Gasteiger partial charge in [0, 0.05) is 5.57 Å². The summed E-state index contributed by atoms with van der Waals surface area (Å²) in [6.07, 6.45) is 0. The molecule has 0 spiro atoms. The van der Waals surface area contributed by atoms with Gasteiger partial charge in [0.05, 0.1) is 5.88 Å². The van der Waals surface area contributed by atoms with Gasteiger partial charge in [-0.1, -0.05) is 0 Å². The standard InChI is InChI=1S/C8H10BClN2O4S/c9-16-8(14)5-3(1-10)2-17(15)7-4(11)6(13)12(5)7/h4,7H,1-2,9,11H2/t4-,7-,17?/m1/s1. The predicted octanol–water partition coefficient (Wildman–Crippen LogP) is -2.17. The number of alkyl halides is 1. The first kappa shape index (κ1) is 12.8. The Labute approximate surface area is 107 Å². The van der Waals surface area contributed by atoms with E-state index in [1.165, 1.54) is 8.05 Å². The molecule has 2 rings (SSSR count). The normalized spacial score (nSPS) is 32.1. The van der Waals surface area contributed by atoms with Crippen LogP contribution in [-0.2, 0) is 25.4 Å². The van der Waals surface area contributed by atoms with E-state index in [9.17, 15) is 14.1 Å². The number of carbonyl (C=O) groups is 2. The van der Waals surface area contributed by atoms with Crippen molar-refractivity contribution in [3.8, 4) is 0 Å². The van der Waals surface area contributed by atoms with E-state index in [4.69, 9.17) is 17.3 Å². The van der Waals surface area contributed by atoms with Crippen molar-refractivity contribution in [3.05, 3.63) is 11.3 Å². The summed E-state index contributed by atoms with van der Waals surface area (Å²) in [6.45, 7) is 0. The zero-order chi connectivity index (χ0) is 12.7. The van der Waals surface area contributed by atoms with Gasteiger partial charge in [0.2, 0.25) is 5.37 Å². The largest absolute Gasteiger partial charge is 0.614 e. The van der Waals surface area contributed by atoms with Gasteiger partial charge < -0.3 is 14.9 Å². The highest BCUT2D eigenvalue weighted by Gasteiger charge is 2.58. The zero-order valence-corrected chi connectivity index (χ0v) is 10.6. The van der Waals surface area contributed by atoms with Crippen LogP contribution < -0.4 is 5.73 Å². The van der Waals surface area contributed by atoms with Gasteiger partial charge in [-0.25, -0.2) is 4.79 Å². The third-order valence-electron chi connectivity index (χ3n) is 2.79. The van der Waals surface area contributed by atoms with Crippen LogP contribution in [0.25, 0.3) is 0 Å². The van der Waals surface area contributed by atoms with Crippen molar-refractivity contribution in [3.63, 3.8) is 0 Å². The molecule has 3 atom stereocenters. The lowest BCUT2D eigenvalue weighted by Crippen LogP contribution is -2.73. The molecule has 0 aliphatic carbocycles. The Morgan fingerprint density at radius 2 is 2.41 bits per heavy atom. The van der Waals surface area contributed by atoms with Crippen LogP contribution in [0.1, 0.15) is 0 Å². The Bertz CT molecular complexity index is 418. The second-order valence-corrected chi connectivity index (χ2v) is 5.53. The SMILES string of the molecule is BOC(=O)C1=C(CCl)C[S+]([O-])[C@@H]2[C@H](N)C(=O)N12. The van der Waals surface area contributed by atoms with Crippen molar-refractivity contribution in [2.45, 2.75) is 11.4 Å². The first-order valence-corrected chi connectivity index (χ1v) is 6.76. The van der Waals surface area contributed by atoms with Gasteiger partial charge in [-0.2, -0.15) is 0 Å². The molecule has 6 nitrogen and oxygen atoms in total. The van der Waals surface area contributed by atoms with Crippen molar-refractivity contribution in [1.29, 1.82) is 0 Å². The first-order valence-electron chi connectivity index (χ1n) is 4.85. The molecule has 0 bridgehead atoms. The van der Waals surface area contributed by atoms with Gasteiger partial charge in [0.25, 0.3) is 5.91 Å². The van der Waals surface area contributed by atoms with Gasteiger partial charge in [-0.15, -0.1) is 11.6 Å². The van der Waals surface area contributed by atoms with Crippen LogP contribution in [0.4, 0.5) is 0 Å². The summed E-state index contributed by atoms with van der Waals surface area (Å²) in [4.78, 5) is 24.4. The van der Waals surface area contributed by atoms with Crippen LogP contribution in [0.3, 0.4) is 0 Å². The van der Waals surface area contributed by atoms with Crippen molar-refractivity contribution in [2.75, 3.05) is 11.6 Å². The molecule has 1 saturated heterocycles. The molecule has 1 amide bonds. The molecule has 0 saturated carbocycles. The molecule has 1 fully saturated rings. The van der Waals surface area contributed by atoms with Crippen molar-refractivity contribution in [1.82, 2.24) is 4.90 Å². The maximum atomic E-state index is 11.8. The molecule has 2 aliphatic rings. The molecule has 0 aromatic carbocycles. The third kappa shape index (κ3) is 1.75. The van der Waals surface area contributed by atoms with Crippen LogP contribution in [0.15, 0.2) is 11.3 Å². The smallest absolute Gasteiger partial charge is 0.337 e. The minimum Gasteiger partial charge on any atom is -0.614 e. The number of nitrogens with zero attached hydrogens (tertiary/aromatic N) is 1. The first-order chi connectivity index (χ1) is 8.02. The highest BCUT2D eigenvalue weighted by atomic mass is 35.5. The van der Waals surface area contributed by atoms with E-state index >= 15 is 0 Å². The van der Waals surface area contributed by atoms with E-state index in [-0.39, 0.29) is 17.3 Å². The molecule has 2 N–H and O–H groups in total. The average Bonchev–Trinajstić information content (AvgIpc) is 2.35. The number of fused-ring (bicyclic) bond motifs is 1. The van der Waals surface area contributed by atoms with E-state index in [1.807, 2.05) is 0 Å². The maximum absolute atomic E-state index is 11.8. The molecule has 0 radical (unpaired) electrons. The van der Waals surface area contributed by atoms with Crippen LogP contribution in [0.2, 0.25) is 0 Å². The highest BCUT2D eigenvalue weighted by Crippen LogP contribution is 2.36. The fourth-order valence-corrected chi connectivity index (χ4v) is 3.92. The average molecular weight is 277 g/mol.